The van der Waals surface area contributed by atoms with E-state index in [1.54, 1.807) is 0 Å². The third-order valence-electron chi connectivity index (χ3n) is 3.46. The Hall–Kier alpha value is -0.220. The van der Waals surface area contributed by atoms with Crippen LogP contribution in [0.3, 0.4) is 0 Å². The summed E-state index contributed by atoms with van der Waals surface area (Å²) in [6, 6.07) is 0.438. The van der Waals surface area contributed by atoms with Crippen molar-refractivity contribution in [3.8, 4) is 0 Å². The Kier molecular flexibility index (Phi) is 4.97. The molecule has 0 radical (unpaired) electrons. The maximum Gasteiger partial charge on any atom is 0.220 e. The molecule has 0 bridgehead atoms. The summed E-state index contributed by atoms with van der Waals surface area (Å²) in [6.45, 7) is 2.16. The predicted octanol–water partition coefficient (Wildman–Crippen LogP) is 1.39. The molecule has 0 aromatic carbocycles. The Morgan fingerprint density at radius 3 is 2.81 bits per heavy atom. The summed E-state index contributed by atoms with van der Waals surface area (Å²) < 4.78 is 0. The highest BCUT2D eigenvalue weighted by molar-refractivity contribution is 7.99. The normalized spacial score (nSPS) is 27.6. The van der Waals surface area contributed by atoms with Crippen molar-refractivity contribution in [1.29, 1.82) is 0 Å². The van der Waals surface area contributed by atoms with Crippen LogP contribution in [0.15, 0.2) is 0 Å². The van der Waals surface area contributed by atoms with Crippen LogP contribution in [0.5, 0.6) is 0 Å². The fourth-order valence-corrected chi connectivity index (χ4v) is 3.56. The van der Waals surface area contributed by atoms with Crippen LogP contribution in [0.25, 0.3) is 0 Å². The van der Waals surface area contributed by atoms with E-state index in [1.807, 2.05) is 11.8 Å². The first-order valence-electron chi connectivity index (χ1n) is 6.42. The van der Waals surface area contributed by atoms with Gasteiger partial charge in [0.2, 0.25) is 5.91 Å². The molecule has 0 aromatic heterocycles. The molecule has 0 aromatic rings. The highest BCUT2D eigenvalue weighted by atomic mass is 32.2. The zero-order valence-electron chi connectivity index (χ0n) is 9.84. The fourth-order valence-electron chi connectivity index (χ4n) is 2.49. The molecule has 0 saturated carbocycles. The van der Waals surface area contributed by atoms with E-state index in [-0.39, 0.29) is 5.91 Å². The van der Waals surface area contributed by atoms with Gasteiger partial charge in [0.05, 0.1) is 0 Å². The fraction of sp³-hybridized carbons (Fsp3) is 0.917. The molecule has 2 saturated heterocycles. The number of nitrogens with one attached hydrogen (secondary N) is 2. The lowest BCUT2D eigenvalue weighted by Gasteiger charge is -2.25. The van der Waals surface area contributed by atoms with Crippen LogP contribution in [0.1, 0.15) is 32.1 Å². The van der Waals surface area contributed by atoms with Crippen molar-refractivity contribution in [3.05, 3.63) is 0 Å². The van der Waals surface area contributed by atoms with Gasteiger partial charge in [-0.3, -0.25) is 4.79 Å². The van der Waals surface area contributed by atoms with Crippen LogP contribution in [0.4, 0.5) is 0 Å². The van der Waals surface area contributed by atoms with Gasteiger partial charge < -0.3 is 10.6 Å². The molecule has 16 heavy (non-hydrogen) atoms. The number of rotatable bonds is 3. The van der Waals surface area contributed by atoms with Crippen molar-refractivity contribution in [2.24, 2.45) is 5.92 Å². The smallest absolute Gasteiger partial charge is 0.220 e. The van der Waals surface area contributed by atoms with Gasteiger partial charge in [0.15, 0.2) is 0 Å². The lowest BCUT2D eigenvalue weighted by atomic mass is 9.94. The predicted molar refractivity (Wildman–Crippen MR) is 68.7 cm³/mol. The lowest BCUT2D eigenvalue weighted by Crippen LogP contribution is -2.40. The zero-order chi connectivity index (χ0) is 11.2. The molecule has 2 N–H and O–H groups in total. The van der Waals surface area contributed by atoms with Crippen molar-refractivity contribution >= 4 is 17.7 Å². The first-order chi connectivity index (χ1) is 7.84. The molecule has 1 atom stereocenters. The highest BCUT2D eigenvalue weighted by Gasteiger charge is 2.20. The van der Waals surface area contributed by atoms with Gasteiger partial charge in [-0.2, -0.15) is 11.8 Å². The second-order valence-electron chi connectivity index (χ2n) is 4.88. The van der Waals surface area contributed by atoms with Crippen LogP contribution in [-0.4, -0.2) is 36.5 Å². The van der Waals surface area contributed by atoms with Gasteiger partial charge in [0, 0.05) is 18.2 Å². The molecule has 4 heteroatoms. The Morgan fingerprint density at radius 2 is 2.12 bits per heavy atom. The first-order valence-corrected chi connectivity index (χ1v) is 7.58. The maximum absolute atomic E-state index is 11.8. The molecule has 2 aliphatic heterocycles. The maximum atomic E-state index is 11.8. The Labute approximate surface area is 102 Å². The molecular formula is C12H22N2OS. The van der Waals surface area contributed by atoms with E-state index >= 15 is 0 Å². The minimum atomic E-state index is 0.277. The molecule has 0 aliphatic carbocycles. The van der Waals surface area contributed by atoms with Crippen LogP contribution < -0.4 is 10.6 Å². The van der Waals surface area contributed by atoms with Crippen molar-refractivity contribution in [3.63, 3.8) is 0 Å². The monoisotopic (exact) mass is 242 g/mol. The Bertz CT molecular complexity index is 201. The molecular weight excluding hydrogens is 220 g/mol. The van der Waals surface area contributed by atoms with Gasteiger partial charge in [0.25, 0.3) is 0 Å². The third-order valence-corrected chi connectivity index (χ3v) is 4.67. The summed E-state index contributed by atoms with van der Waals surface area (Å²) >= 11 is 1.97. The largest absolute Gasteiger partial charge is 0.353 e. The van der Waals surface area contributed by atoms with Crippen LogP contribution in [0, 0.1) is 5.92 Å². The van der Waals surface area contributed by atoms with Gasteiger partial charge >= 0.3 is 0 Å². The minimum absolute atomic E-state index is 0.277. The molecule has 1 amide bonds. The van der Waals surface area contributed by atoms with Crippen molar-refractivity contribution < 1.29 is 4.79 Å². The molecule has 2 heterocycles. The van der Waals surface area contributed by atoms with Gasteiger partial charge in [-0.05, 0) is 50.4 Å². The Balaban J connectivity index is 1.66. The number of amides is 1. The second-order valence-corrected chi connectivity index (χ2v) is 6.03. The van der Waals surface area contributed by atoms with Gasteiger partial charge in [-0.15, -0.1) is 0 Å². The van der Waals surface area contributed by atoms with Crippen LogP contribution in [0.2, 0.25) is 0 Å². The standard InChI is InChI=1S/C12H22N2OS/c15-12(8-10-3-5-13-6-4-10)14-11-2-1-7-16-9-11/h10-11,13H,1-9H2,(H,14,15). The molecule has 2 rings (SSSR count). The van der Waals surface area contributed by atoms with Gasteiger partial charge in [-0.25, -0.2) is 0 Å². The van der Waals surface area contributed by atoms with E-state index < -0.39 is 0 Å². The summed E-state index contributed by atoms with van der Waals surface area (Å²) in [5.41, 5.74) is 0. The van der Waals surface area contributed by atoms with E-state index in [9.17, 15) is 4.79 Å². The molecule has 2 aliphatic rings. The van der Waals surface area contributed by atoms with Gasteiger partial charge in [-0.1, -0.05) is 0 Å². The summed E-state index contributed by atoms with van der Waals surface area (Å²) in [5, 5.41) is 6.52. The highest BCUT2D eigenvalue weighted by Crippen LogP contribution is 2.19. The lowest BCUT2D eigenvalue weighted by molar-refractivity contribution is -0.122. The van der Waals surface area contributed by atoms with E-state index in [0.29, 0.717) is 12.0 Å². The van der Waals surface area contributed by atoms with Crippen LogP contribution in [-0.2, 0) is 4.79 Å². The van der Waals surface area contributed by atoms with E-state index in [2.05, 4.69) is 10.6 Å². The SMILES string of the molecule is O=C(CC1CCNCC1)NC1CCCSC1. The molecule has 2 fully saturated rings. The quantitative estimate of drug-likeness (QED) is 0.786. The molecule has 92 valence electrons. The van der Waals surface area contributed by atoms with E-state index in [1.165, 1.54) is 18.6 Å². The zero-order valence-corrected chi connectivity index (χ0v) is 10.7. The number of hydrogen-bond acceptors (Lipinski definition) is 3. The van der Waals surface area contributed by atoms with Crippen LogP contribution >= 0.6 is 11.8 Å². The summed E-state index contributed by atoms with van der Waals surface area (Å²) in [5.74, 6) is 3.26. The molecule has 1 unspecified atom stereocenters. The number of hydrogen-bond donors (Lipinski definition) is 2. The average molecular weight is 242 g/mol. The first kappa shape index (κ1) is 12.2. The number of carbonyl (C=O) groups excluding carboxylic acids is 1. The van der Waals surface area contributed by atoms with Gasteiger partial charge in [0.1, 0.15) is 0 Å². The summed E-state index contributed by atoms with van der Waals surface area (Å²) in [4.78, 5) is 11.8. The number of thioether (sulfide) groups is 1. The van der Waals surface area contributed by atoms with E-state index in [4.69, 9.17) is 0 Å². The number of piperidine rings is 1. The van der Waals surface area contributed by atoms with Crippen molar-refractivity contribution in [2.75, 3.05) is 24.6 Å². The van der Waals surface area contributed by atoms with E-state index in [0.717, 1.165) is 38.1 Å². The van der Waals surface area contributed by atoms with Crippen molar-refractivity contribution in [2.45, 2.75) is 38.1 Å². The average Bonchev–Trinajstić information content (AvgIpc) is 2.31. The minimum Gasteiger partial charge on any atom is -0.353 e. The third kappa shape index (κ3) is 3.98. The molecule has 0 spiro atoms. The number of carbonyl (C=O) groups is 1. The molecule has 3 nitrogen and oxygen atoms in total. The second kappa shape index (κ2) is 6.50. The Morgan fingerprint density at radius 1 is 1.31 bits per heavy atom. The van der Waals surface area contributed by atoms with Crippen molar-refractivity contribution in [1.82, 2.24) is 10.6 Å². The summed E-state index contributed by atoms with van der Waals surface area (Å²) in [7, 11) is 0. The topological polar surface area (TPSA) is 41.1 Å². The summed E-state index contributed by atoms with van der Waals surface area (Å²) in [6.07, 6.45) is 5.48.